The molecule has 264 valence electrons. The largest absolute Gasteiger partial charge is 0.465 e. The third-order valence-corrected chi connectivity index (χ3v) is 10.2. The Balaban J connectivity index is 0.000000166. The molecule has 4 atom stereocenters. The number of carbonyl (C=O) groups excluding carboxylic acids is 10. The van der Waals surface area contributed by atoms with Crippen LogP contribution in [0.5, 0.6) is 0 Å². The SMILES string of the molecule is C=C(c1ccc(C(=O)OC)c(C=O)c1)c1ccc(C(C)=O)c(C(C)=O)c1.CC1C(C)C2C(=O)OC(=O)C12.O=C1OC(=O)C2C1C1C(=O)OC(=O)C21. The Hall–Kier alpha value is -5.92. The molecular formula is C37H32O14. The first kappa shape index (κ1) is 36.4. The second-order valence-electron chi connectivity index (χ2n) is 12.9. The molecule has 5 fully saturated rings. The lowest BCUT2D eigenvalue weighted by Crippen LogP contribution is -2.50. The summed E-state index contributed by atoms with van der Waals surface area (Å²) in [6, 6.07) is 9.56. The van der Waals surface area contributed by atoms with Crippen LogP contribution in [0, 0.1) is 47.3 Å². The van der Waals surface area contributed by atoms with E-state index in [4.69, 9.17) is 0 Å². The number of carbonyl (C=O) groups is 10. The van der Waals surface area contributed by atoms with Gasteiger partial charge < -0.3 is 18.9 Å². The molecule has 0 aromatic heterocycles. The van der Waals surface area contributed by atoms with E-state index in [2.05, 4.69) is 25.5 Å². The van der Waals surface area contributed by atoms with E-state index in [9.17, 15) is 47.9 Å². The molecule has 0 amide bonds. The standard InChI is InChI=1S/C21H18O5.C8H4O6.C8H10O3/c1-12(15-6-8-19(21(25)26-4)17(9-15)11-22)16-5-7-18(13(2)23)20(10-16)14(3)24;9-5-1-2(6(10)13-5)4-3(1)7(11)14-8(4)12;1-3-4(2)6-5(3)7(9)11-8(6)10/h5-11H,1H2,2-4H3;1-4H;3-6H,1-2H3. The first-order chi connectivity index (χ1) is 24.0. The molecule has 2 aromatic carbocycles. The number of ketones is 2. The summed E-state index contributed by atoms with van der Waals surface area (Å²) in [6.07, 6.45) is 0.572. The van der Waals surface area contributed by atoms with Gasteiger partial charge in [-0.25, -0.2) is 4.79 Å². The highest BCUT2D eigenvalue weighted by molar-refractivity contribution is 6.10. The summed E-state index contributed by atoms with van der Waals surface area (Å²) < 4.78 is 17.8. The zero-order valence-electron chi connectivity index (χ0n) is 28.1. The monoisotopic (exact) mass is 700 g/mol. The number of rotatable bonds is 6. The summed E-state index contributed by atoms with van der Waals surface area (Å²) in [5.74, 6) is -7.27. The van der Waals surface area contributed by atoms with Crippen LogP contribution in [0.25, 0.3) is 5.57 Å². The Kier molecular flexibility index (Phi) is 9.82. The topological polar surface area (TPSA) is 208 Å². The number of esters is 7. The Morgan fingerprint density at radius 1 is 0.608 bits per heavy atom. The highest BCUT2D eigenvalue weighted by Gasteiger charge is 2.72. The molecule has 2 aromatic rings. The molecular weight excluding hydrogens is 668 g/mol. The Bertz CT molecular complexity index is 1860. The number of fused-ring (bicyclic) bond motifs is 5. The van der Waals surface area contributed by atoms with Crippen molar-refractivity contribution in [2.45, 2.75) is 27.7 Å². The molecule has 14 heteroatoms. The summed E-state index contributed by atoms with van der Waals surface area (Å²) in [5, 5.41) is 0. The van der Waals surface area contributed by atoms with Crippen LogP contribution in [-0.2, 0) is 47.7 Å². The quantitative estimate of drug-likeness (QED) is 0.140. The first-order valence-electron chi connectivity index (χ1n) is 15.8. The van der Waals surface area contributed by atoms with Crippen LogP contribution in [0.15, 0.2) is 43.0 Å². The highest BCUT2D eigenvalue weighted by Crippen LogP contribution is 2.55. The predicted octanol–water partition coefficient (Wildman–Crippen LogP) is 2.97. The minimum atomic E-state index is -0.786. The third-order valence-electron chi connectivity index (χ3n) is 10.2. The van der Waals surface area contributed by atoms with Gasteiger partial charge in [-0.2, -0.15) is 0 Å². The lowest BCUT2D eigenvalue weighted by molar-refractivity contribution is -0.158. The van der Waals surface area contributed by atoms with Gasteiger partial charge in [0.25, 0.3) is 0 Å². The maximum atomic E-state index is 11.9. The van der Waals surface area contributed by atoms with Gasteiger partial charge in [0.15, 0.2) is 17.9 Å². The van der Waals surface area contributed by atoms with Crippen molar-refractivity contribution in [2.24, 2.45) is 47.3 Å². The normalized spacial score (nSPS) is 27.6. The molecule has 0 radical (unpaired) electrons. The van der Waals surface area contributed by atoms with Crippen molar-refractivity contribution >= 4 is 65.2 Å². The maximum Gasteiger partial charge on any atom is 0.338 e. The lowest BCUT2D eigenvalue weighted by Gasteiger charge is -2.39. The fourth-order valence-electron chi connectivity index (χ4n) is 7.15. The van der Waals surface area contributed by atoms with E-state index in [0.29, 0.717) is 45.9 Å². The number of ether oxygens (including phenoxy) is 4. The van der Waals surface area contributed by atoms with Gasteiger partial charge >= 0.3 is 41.8 Å². The average molecular weight is 701 g/mol. The van der Waals surface area contributed by atoms with Gasteiger partial charge in [0, 0.05) is 16.7 Å². The van der Waals surface area contributed by atoms with Crippen LogP contribution in [0.3, 0.4) is 0 Å². The van der Waals surface area contributed by atoms with Gasteiger partial charge in [-0.05, 0) is 60.6 Å². The summed E-state index contributed by atoms with van der Waals surface area (Å²) in [5.41, 5.74) is 2.83. The summed E-state index contributed by atoms with van der Waals surface area (Å²) >= 11 is 0. The van der Waals surface area contributed by atoms with Crippen LogP contribution in [0.1, 0.15) is 80.3 Å². The summed E-state index contributed by atoms with van der Waals surface area (Å²) in [6.45, 7) is 10.8. The molecule has 2 saturated carbocycles. The van der Waals surface area contributed by atoms with E-state index in [1.807, 2.05) is 13.8 Å². The van der Waals surface area contributed by atoms with Crippen molar-refractivity contribution < 1.29 is 66.9 Å². The van der Waals surface area contributed by atoms with Crippen molar-refractivity contribution in [3.8, 4) is 0 Å². The van der Waals surface area contributed by atoms with Crippen LogP contribution >= 0.6 is 0 Å². The van der Waals surface area contributed by atoms with Gasteiger partial charge in [-0.15, -0.1) is 0 Å². The zero-order chi connectivity index (χ0) is 37.6. The van der Waals surface area contributed by atoms with Crippen LogP contribution < -0.4 is 0 Å². The minimum Gasteiger partial charge on any atom is -0.465 e. The smallest absolute Gasteiger partial charge is 0.338 e. The van der Waals surface area contributed by atoms with Crippen molar-refractivity contribution in [3.05, 3.63) is 76.4 Å². The van der Waals surface area contributed by atoms with Gasteiger partial charge in [0.05, 0.1) is 48.2 Å². The molecule has 2 aliphatic carbocycles. The maximum absolute atomic E-state index is 11.9. The van der Waals surface area contributed by atoms with E-state index in [-0.39, 0.29) is 46.5 Å². The van der Waals surface area contributed by atoms with E-state index in [1.165, 1.54) is 33.1 Å². The fourth-order valence-corrected chi connectivity index (χ4v) is 7.15. The van der Waals surface area contributed by atoms with Crippen molar-refractivity contribution in [1.82, 2.24) is 0 Å². The molecule has 7 rings (SSSR count). The summed E-state index contributed by atoms with van der Waals surface area (Å²) in [4.78, 5) is 113. The lowest BCUT2D eigenvalue weighted by atomic mass is 9.59. The van der Waals surface area contributed by atoms with Crippen molar-refractivity contribution in [1.29, 1.82) is 0 Å². The first-order valence-corrected chi connectivity index (χ1v) is 15.8. The Morgan fingerprint density at radius 2 is 0.980 bits per heavy atom. The predicted molar refractivity (Wildman–Crippen MR) is 170 cm³/mol. The van der Waals surface area contributed by atoms with E-state index in [0.717, 1.165) is 0 Å². The number of Topliss-reactive ketones (excluding diaryl/α,β-unsaturated/α-hetero) is 2. The number of methoxy groups -OCH3 is 1. The van der Waals surface area contributed by atoms with Gasteiger partial charge in [-0.1, -0.05) is 38.6 Å². The van der Waals surface area contributed by atoms with E-state index in [1.54, 1.807) is 24.3 Å². The molecule has 0 spiro atoms. The Labute approximate surface area is 290 Å². The molecule has 3 saturated heterocycles. The second-order valence-corrected chi connectivity index (χ2v) is 12.9. The summed E-state index contributed by atoms with van der Waals surface area (Å²) in [7, 11) is 1.24. The molecule has 0 N–H and O–H groups in total. The van der Waals surface area contributed by atoms with Crippen molar-refractivity contribution in [3.63, 3.8) is 0 Å². The van der Waals surface area contributed by atoms with Crippen LogP contribution in [-0.4, -0.2) is 66.7 Å². The zero-order valence-corrected chi connectivity index (χ0v) is 28.1. The number of benzene rings is 2. The minimum absolute atomic E-state index is 0.127. The average Bonchev–Trinajstić information content (AvgIpc) is 3.59. The molecule has 4 unspecified atom stereocenters. The van der Waals surface area contributed by atoms with Gasteiger partial charge in [0.2, 0.25) is 0 Å². The third kappa shape index (κ3) is 6.21. The Morgan fingerprint density at radius 3 is 1.35 bits per heavy atom. The number of aldehydes is 1. The van der Waals surface area contributed by atoms with Gasteiger partial charge in [0.1, 0.15) is 0 Å². The van der Waals surface area contributed by atoms with E-state index >= 15 is 0 Å². The van der Waals surface area contributed by atoms with Crippen LogP contribution in [0.2, 0.25) is 0 Å². The second kappa shape index (κ2) is 13.8. The molecule has 5 aliphatic rings. The van der Waals surface area contributed by atoms with Crippen LogP contribution in [0.4, 0.5) is 0 Å². The number of hydrogen-bond donors (Lipinski definition) is 0. The van der Waals surface area contributed by atoms with Gasteiger partial charge in [-0.3, -0.25) is 43.2 Å². The molecule has 14 nitrogen and oxygen atoms in total. The molecule has 0 bridgehead atoms. The molecule has 3 aliphatic heterocycles. The van der Waals surface area contributed by atoms with E-state index < -0.39 is 53.5 Å². The number of cyclic esters (lactones) is 6. The molecule has 51 heavy (non-hydrogen) atoms. The fraction of sp³-hybridized carbons (Fsp3) is 0.351. The highest BCUT2D eigenvalue weighted by atomic mass is 16.6. The number of hydrogen-bond acceptors (Lipinski definition) is 14. The molecule has 3 heterocycles. The van der Waals surface area contributed by atoms with Crippen molar-refractivity contribution in [2.75, 3.05) is 7.11 Å².